The van der Waals surface area contributed by atoms with Crippen molar-refractivity contribution in [3.8, 4) is 11.1 Å². The molecule has 0 aromatic heterocycles. The van der Waals surface area contributed by atoms with Crippen LogP contribution in [-0.2, 0) is 22.4 Å². The average Bonchev–Trinajstić information content (AvgIpc) is 3.14. The molecule has 2 N–H and O–H groups in total. The maximum Gasteiger partial charge on any atom is 0.303 e. The standard InChI is InChI=1S/C48H74O4/c49-47(50)41-32-25-21-17-13-9-5-1-3-7-11-15-19-23-28-35-44-38-34-40-46(43-36-29-27-30-37-43)45(44)39-31-24-20-16-12-8-4-2-6-10-14-18-22-26-33-42-48(51)52/h1-2,5-6,27,29-30,34,36-38,40H,3-4,7-26,28,31-33,35,39,41-42H2,(H,49,50)(H,51,52)/b5-1-,6-2-. The molecule has 52 heavy (non-hydrogen) atoms. The van der Waals surface area contributed by atoms with Crippen LogP contribution in [0.25, 0.3) is 11.1 Å². The molecule has 2 aromatic carbocycles. The Morgan fingerprint density at radius 3 is 1.23 bits per heavy atom. The van der Waals surface area contributed by atoms with Crippen LogP contribution in [0, 0.1) is 0 Å². The number of carbonyl (C=O) groups is 2. The maximum absolute atomic E-state index is 10.6. The molecule has 0 bridgehead atoms. The first-order chi connectivity index (χ1) is 25.6. The van der Waals surface area contributed by atoms with Gasteiger partial charge in [0.1, 0.15) is 0 Å². The minimum atomic E-state index is -0.672. The van der Waals surface area contributed by atoms with Crippen LogP contribution in [0.15, 0.2) is 72.8 Å². The molecule has 0 fully saturated rings. The highest BCUT2D eigenvalue weighted by molar-refractivity contribution is 5.69. The van der Waals surface area contributed by atoms with Gasteiger partial charge in [-0.25, -0.2) is 0 Å². The molecule has 0 atom stereocenters. The molecule has 4 nitrogen and oxygen atoms in total. The van der Waals surface area contributed by atoms with Gasteiger partial charge in [-0.1, -0.05) is 163 Å². The molecule has 0 radical (unpaired) electrons. The van der Waals surface area contributed by atoms with Gasteiger partial charge in [-0.2, -0.15) is 0 Å². The second-order valence-electron chi connectivity index (χ2n) is 15.0. The third-order valence-corrected chi connectivity index (χ3v) is 10.3. The normalized spacial score (nSPS) is 11.6. The predicted molar refractivity (Wildman–Crippen MR) is 222 cm³/mol. The smallest absolute Gasteiger partial charge is 0.303 e. The number of benzene rings is 2. The minimum Gasteiger partial charge on any atom is -0.481 e. The highest BCUT2D eigenvalue weighted by Crippen LogP contribution is 2.29. The Morgan fingerprint density at radius 1 is 0.404 bits per heavy atom. The Hall–Kier alpha value is -3.14. The molecule has 0 saturated carbocycles. The summed E-state index contributed by atoms with van der Waals surface area (Å²) in [5, 5.41) is 17.4. The monoisotopic (exact) mass is 715 g/mol. The molecular weight excluding hydrogens is 641 g/mol. The fourth-order valence-electron chi connectivity index (χ4n) is 7.22. The van der Waals surface area contributed by atoms with E-state index in [0.29, 0.717) is 12.8 Å². The summed E-state index contributed by atoms with van der Waals surface area (Å²) in [5.41, 5.74) is 5.94. The number of hydrogen-bond acceptors (Lipinski definition) is 2. The molecule has 0 aliphatic carbocycles. The lowest BCUT2D eigenvalue weighted by Crippen LogP contribution is -1.99. The van der Waals surface area contributed by atoms with E-state index in [0.717, 1.165) is 51.4 Å². The van der Waals surface area contributed by atoms with Crippen LogP contribution < -0.4 is 0 Å². The summed E-state index contributed by atoms with van der Waals surface area (Å²) in [5.74, 6) is -1.34. The van der Waals surface area contributed by atoms with E-state index in [2.05, 4.69) is 72.8 Å². The largest absolute Gasteiger partial charge is 0.481 e. The summed E-state index contributed by atoms with van der Waals surface area (Å²) >= 11 is 0. The number of carboxylic acid groups (broad SMARTS) is 2. The fraction of sp³-hybridized carbons (Fsp3) is 0.625. The van der Waals surface area contributed by atoms with Crippen LogP contribution in [-0.4, -0.2) is 22.2 Å². The van der Waals surface area contributed by atoms with Crippen molar-refractivity contribution >= 4 is 11.9 Å². The second-order valence-corrected chi connectivity index (χ2v) is 15.0. The molecule has 0 saturated heterocycles. The first-order valence-electron chi connectivity index (χ1n) is 21.5. The van der Waals surface area contributed by atoms with Crippen molar-refractivity contribution in [1.82, 2.24) is 0 Å². The van der Waals surface area contributed by atoms with Crippen molar-refractivity contribution < 1.29 is 19.8 Å². The predicted octanol–water partition coefficient (Wildman–Crippen LogP) is 14.6. The summed E-state index contributed by atoms with van der Waals surface area (Å²) in [6.07, 6.45) is 43.9. The third kappa shape index (κ3) is 24.9. The quantitative estimate of drug-likeness (QED) is 0.0550. The van der Waals surface area contributed by atoms with E-state index >= 15 is 0 Å². The number of allylic oxidation sites excluding steroid dienone is 4. The Bertz CT molecular complexity index is 1210. The van der Waals surface area contributed by atoms with Gasteiger partial charge in [-0.3, -0.25) is 9.59 Å². The van der Waals surface area contributed by atoms with E-state index in [9.17, 15) is 9.59 Å². The zero-order valence-corrected chi connectivity index (χ0v) is 32.9. The summed E-state index contributed by atoms with van der Waals surface area (Å²) in [7, 11) is 0. The van der Waals surface area contributed by atoms with Gasteiger partial charge in [0.25, 0.3) is 0 Å². The molecule has 0 aliphatic rings. The molecule has 290 valence electrons. The molecule has 0 spiro atoms. The second kappa shape index (κ2) is 32.5. The molecule has 0 aliphatic heterocycles. The topological polar surface area (TPSA) is 74.6 Å². The maximum atomic E-state index is 10.6. The Kier molecular flexibility index (Phi) is 28.1. The highest BCUT2D eigenvalue weighted by atomic mass is 16.4. The van der Waals surface area contributed by atoms with Crippen LogP contribution in [0.5, 0.6) is 0 Å². The first kappa shape index (κ1) is 45.0. The van der Waals surface area contributed by atoms with Gasteiger partial charge in [-0.05, 0) is 112 Å². The zero-order chi connectivity index (χ0) is 37.2. The molecule has 4 heteroatoms. The molecule has 2 rings (SSSR count). The summed E-state index contributed by atoms with van der Waals surface area (Å²) in [6, 6.07) is 18.0. The van der Waals surface area contributed by atoms with Crippen LogP contribution in [0.3, 0.4) is 0 Å². The average molecular weight is 715 g/mol. The zero-order valence-electron chi connectivity index (χ0n) is 32.9. The SMILES string of the molecule is O=C(O)CCCCCCC/C=C\CCCCCCCCc1cccc(-c2ccccc2)c1CCCCCCCC/C=C\CCCCCCCC(=O)O. The van der Waals surface area contributed by atoms with Crippen molar-refractivity contribution in [3.63, 3.8) is 0 Å². The lowest BCUT2D eigenvalue weighted by molar-refractivity contribution is -0.138. The van der Waals surface area contributed by atoms with E-state index in [1.807, 2.05) is 0 Å². The molecule has 2 aromatic rings. The van der Waals surface area contributed by atoms with Crippen molar-refractivity contribution in [2.24, 2.45) is 0 Å². The van der Waals surface area contributed by atoms with Gasteiger partial charge >= 0.3 is 11.9 Å². The van der Waals surface area contributed by atoms with Gasteiger partial charge in [0, 0.05) is 12.8 Å². The molecule has 0 amide bonds. The number of carboxylic acids is 2. The minimum absolute atomic E-state index is 0.314. The lowest BCUT2D eigenvalue weighted by Gasteiger charge is -2.16. The van der Waals surface area contributed by atoms with E-state index in [1.165, 1.54) is 140 Å². The molecular formula is C48H74O4. The van der Waals surface area contributed by atoms with E-state index < -0.39 is 11.9 Å². The first-order valence-corrected chi connectivity index (χ1v) is 21.5. The third-order valence-electron chi connectivity index (χ3n) is 10.3. The summed E-state index contributed by atoms with van der Waals surface area (Å²) in [6.45, 7) is 0. The fourth-order valence-corrected chi connectivity index (χ4v) is 7.22. The lowest BCUT2D eigenvalue weighted by atomic mass is 9.89. The highest BCUT2D eigenvalue weighted by Gasteiger charge is 2.10. The number of rotatable bonds is 35. The van der Waals surface area contributed by atoms with E-state index in [-0.39, 0.29) is 0 Å². The summed E-state index contributed by atoms with van der Waals surface area (Å²) in [4.78, 5) is 21.1. The molecule has 0 unspecified atom stereocenters. The Balaban J connectivity index is 1.57. The van der Waals surface area contributed by atoms with Crippen LogP contribution in [0.2, 0.25) is 0 Å². The number of hydrogen-bond donors (Lipinski definition) is 2. The van der Waals surface area contributed by atoms with Crippen molar-refractivity contribution in [2.75, 3.05) is 0 Å². The summed E-state index contributed by atoms with van der Waals surface area (Å²) < 4.78 is 0. The van der Waals surface area contributed by atoms with Crippen molar-refractivity contribution in [3.05, 3.63) is 84.0 Å². The van der Waals surface area contributed by atoms with Gasteiger partial charge in [0.15, 0.2) is 0 Å². The van der Waals surface area contributed by atoms with Crippen molar-refractivity contribution in [2.45, 2.75) is 193 Å². The number of aryl methyl sites for hydroxylation is 1. The van der Waals surface area contributed by atoms with Gasteiger partial charge in [0.2, 0.25) is 0 Å². The van der Waals surface area contributed by atoms with Crippen LogP contribution in [0.4, 0.5) is 0 Å². The van der Waals surface area contributed by atoms with Crippen LogP contribution >= 0.6 is 0 Å². The Morgan fingerprint density at radius 2 is 0.788 bits per heavy atom. The van der Waals surface area contributed by atoms with E-state index in [4.69, 9.17) is 10.2 Å². The van der Waals surface area contributed by atoms with Gasteiger partial charge in [0.05, 0.1) is 0 Å². The Labute approximate surface area is 318 Å². The number of aliphatic carboxylic acids is 2. The van der Waals surface area contributed by atoms with Gasteiger partial charge < -0.3 is 10.2 Å². The van der Waals surface area contributed by atoms with Crippen LogP contribution in [0.1, 0.15) is 191 Å². The van der Waals surface area contributed by atoms with Crippen molar-refractivity contribution in [1.29, 1.82) is 0 Å². The van der Waals surface area contributed by atoms with E-state index in [1.54, 1.807) is 11.1 Å². The molecule has 0 heterocycles. The number of unbranched alkanes of at least 4 members (excludes halogenated alkanes) is 22. The van der Waals surface area contributed by atoms with Gasteiger partial charge in [-0.15, -0.1) is 0 Å².